The van der Waals surface area contributed by atoms with Crippen molar-refractivity contribution in [1.29, 1.82) is 0 Å². The van der Waals surface area contributed by atoms with Gasteiger partial charge in [-0.15, -0.1) is 0 Å². The highest BCUT2D eigenvalue weighted by atomic mass is 31.2. The molecule has 0 bridgehead atoms. The predicted molar refractivity (Wildman–Crippen MR) is 41.4 cm³/mol. The average molecular weight is 167 g/mol. The summed E-state index contributed by atoms with van der Waals surface area (Å²) < 4.78 is 28.5. The normalized spacial score (nSPS) is 16.5. The molecule has 0 saturated heterocycles. The molecule has 0 aliphatic heterocycles. The van der Waals surface area contributed by atoms with Crippen LogP contribution < -0.4 is 0 Å². The molecule has 0 heterocycles. The van der Waals surface area contributed by atoms with Crippen LogP contribution in [0.2, 0.25) is 0 Å². The van der Waals surface area contributed by atoms with Crippen LogP contribution in [-0.2, 0) is 13.6 Å². The minimum atomic E-state index is -3.12. The summed E-state index contributed by atoms with van der Waals surface area (Å²) in [7, 11) is -3.12. The Labute approximate surface area is 63.7 Å². The van der Waals surface area contributed by atoms with Crippen molar-refractivity contribution < 1.29 is 15.0 Å². The number of rotatable bonds is 5. The fourth-order valence-electron chi connectivity index (χ4n) is 0.546. The van der Waals surface area contributed by atoms with E-state index in [2.05, 4.69) is 0 Å². The molecule has 0 amide bonds. The van der Waals surface area contributed by atoms with E-state index in [4.69, 9.17) is 10.4 Å². The van der Waals surface area contributed by atoms with Gasteiger partial charge >= 0.3 is 7.60 Å². The van der Waals surface area contributed by atoms with Gasteiger partial charge in [-0.05, 0) is 13.8 Å². The molecule has 0 aromatic carbocycles. The van der Waals surface area contributed by atoms with Gasteiger partial charge in [0.05, 0.1) is 13.2 Å². The minimum absolute atomic E-state index is 0.320. The zero-order valence-corrected chi connectivity index (χ0v) is 7.56. The fourth-order valence-corrected chi connectivity index (χ4v) is 1.64. The summed E-state index contributed by atoms with van der Waals surface area (Å²) in [4.78, 5) is 0. The number of hydrogen-bond donors (Lipinski definition) is 0. The summed E-state index contributed by atoms with van der Waals surface area (Å²) in [6.07, 6.45) is -0.803. The third-order valence-corrected chi connectivity index (χ3v) is 2.80. The van der Waals surface area contributed by atoms with Gasteiger partial charge < -0.3 is 9.05 Å². The van der Waals surface area contributed by atoms with Crippen molar-refractivity contribution in [3.63, 3.8) is 0 Å². The van der Waals surface area contributed by atoms with Crippen molar-refractivity contribution in [3.8, 4) is 0 Å². The van der Waals surface area contributed by atoms with Crippen LogP contribution in [0.15, 0.2) is 0 Å². The van der Waals surface area contributed by atoms with Crippen molar-refractivity contribution in [1.82, 2.24) is 0 Å². The van der Waals surface area contributed by atoms with E-state index in [9.17, 15) is 4.57 Å². The molecule has 0 aromatic rings. The lowest BCUT2D eigenvalue weighted by Gasteiger charge is -2.13. The first kappa shape index (κ1) is 8.25. The van der Waals surface area contributed by atoms with Crippen LogP contribution in [0, 0.1) is 0 Å². The van der Waals surface area contributed by atoms with Gasteiger partial charge in [0, 0.05) is 7.51 Å². The second-order valence-electron chi connectivity index (χ2n) is 1.63. The van der Waals surface area contributed by atoms with Crippen molar-refractivity contribution >= 4 is 7.60 Å². The lowest BCUT2D eigenvalue weighted by molar-refractivity contribution is 0.221. The highest BCUT2D eigenvalue weighted by molar-refractivity contribution is 7.53. The largest absolute Gasteiger partial charge is 0.330 e. The molecule has 0 aliphatic carbocycles. The zero-order chi connectivity index (χ0) is 8.91. The second-order valence-corrected chi connectivity index (χ2v) is 3.75. The highest BCUT2D eigenvalue weighted by Gasteiger charge is 2.19. The molecule has 0 rings (SSSR count). The van der Waals surface area contributed by atoms with Crippen molar-refractivity contribution in [3.05, 3.63) is 0 Å². The Bertz CT molecular complexity index is 139. The monoisotopic (exact) mass is 167 g/mol. The maximum absolute atomic E-state index is 11.5. The molecule has 0 saturated carbocycles. The quantitative estimate of drug-likeness (QED) is 0.589. The van der Waals surface area contributed by atoms with Gasteiger partial charge in [-0.2, -0.15) is 0 Å². The standard InChI is InChI=1S/C6H15O3P/c1-4-8-10(7,6-3)9-5-2/h4-6H2,1-3H3/i6D. The number of hydrogen-bond acceptors (Lipinski definition) is 3. The molecule has 0 N–H and O–H groups in total. The van der Waals surface area contributed by atoms with Crippen LogP contribution in [0.5, 0.6) is 0 Å². The first-order valence-electron chi connectivity index (χ1n) is 3.95. The van der Waals surface area contributed by atoms with Crippen LogP contribution >= 0.6 is 7.60 Å². The van der Waals surface area contributed by atoms with E-state index in [1.165, 1.54) is 6.92 Å². The lowest BCUT2D eigenvalue weighted by Crippen LogP contribution is -1.97. The summed E-state index contributed by atoms with van der Waals surface area (Å²) in [6.45, 7) is 5.61. The predicted octanol–water partition coefficient (Wildman–Crippen LogP) is 2.27. The summed E-state index contributed by atoms with van der Waals surface area (Å²) in [5.41, 5.74) is 0. The molecule has 0 aliphatic rings. The second kappa shape index (κ2) is 4.89. The Hall–Kier alpha value is 0.150. The summed E-state index contributed by atoms with van der Waals surface area (Å²) in [5.74, 6) is 0. The van der Waals surface area contributed by atoms with Crippen LogP contribution in [0.3, 0.4) is 0 Å². The molecule has 4 heteroatoms. The SMILES string of the molecule is [2H]C(C)P(=O)(OCC)OCC. The lowest BCUT2D eigenvalue weighted by atomic mass is 10.9. The van der Waals surface area contributed by atoms with Crippen LogP contribution in [0.25, 0.3) is 0 Å². The molecule has 10 heavy (non-hydrogen) atoms. The fraction of sp³-hybridized carbons (Fsp3) is 1.00. The molecule has 0 spiro atoms. The van der Waals surface area contributed by atoms with E-state index in [-0.39, 0.29) is 0 Å². The molecule has 0 aromatic heterocycles. The Morgan fingerprint density at radius 2 is 1.70 bits per heavy atom. The third kappa shape index (κ3) is 3.35. The maximum Gasteiger partial charge on any atom is 0.330 e. The van der Waals surface area contributed by atoms with Crippen molar-refractivity contribution in [2.75, 3.05) is 19.4 Å². The molecule has 0 fully saturated rings. The maximum atomic E-state index is 11.5. The first-order valence-corrected chi connectivity index (χ1v) is 4.99. The topological polar surface area (TPSA) is 35.5 Å². The smallest absolute Gasteiger partial charge is 0.309 e. The van der Waals surface area contributed by atoms with Gasteiger partial charge in [0.2, 0.25) is 0 Å². The molecule has 3 nitrogen and oxygen atoms in total. The third-order valence-electron chi connectivity index (χ3n) is 0.934. The molecular formula is C6H15O3P. The molecular weight excluding hydrogens is 151 g/mol. The van der Waals surface area contributed by atoms with E-state index in [0.717, 1.165) is 0 Å². The molecule has 1 unspecified atom stereocenters. The van der Waals surface area contributed by atoms with Crippen molar-refractivity contribution in [2.45, 2.75) is 20.8 Å². The van der Waals surface area contributed by atoms with E-state index in [1.54, 1.807) is 13.8 Å². The van der Waals surface area contributed by atoms with Gasteiger partial charge in [-0.1, -0.05) is 6.92 Å². The van der Waals surface area contributed by atoms with Gasteiger partial charge in [0.25, 0.3) is 0 Å². The molecule has 62 valence electrons. The summed E-state index contributed by atoms with van der Waals surface area (Å²) in [6, 6.07) is 0. The van der Waals surface area contributed by atoms with Gasteiger partial charge in [-0.25, -0.2) is 0 Å². The van der Waals surface area contributed by atoms with Crippen LogP contribution in [0.4, 0.5) is 0 Å². The van der Waals surface area contributed by atoms with E-state index in [1.807, 2.05) is 0 Å². The van der Waals surface area contributed by atoms with Gasteiger partial charge in [0.15, 0.2) is 0 Å². The van der Waals surface area contributed by atoms with Crippen molar-refractivity contribution in [2.24, 2.45) is 0 Å². The first-order chi connectivity index (χ1) is 5.06. The Morgan fingerprint density at radius 3 is 1.90 bits per heavy atom. The van der Waals surface area contributed by atoms with E-state index >= 15 is 0 Å². The summed E-state index contributed by atoms with van der Waals surface area (Å²) in [5, 5.41) is 0. The van der Waals surface area contributed by atoms with E-state index < -0.39 is 13.7 Å². The average Bonchev–Trinajstić information content (AvgIpc) is 1.88. The Morgan fingerprint density at radius 1 is 1.30 bits per heavy atom. The molecule has 0 radical (unpaired) electrons. The molecule has 1 atom stereocenters. The van der Waals surface area contributed by atoms with Crippen LogP contribution in [0.1, 0.15) is 22.1 Å². The van der Waals surface area contributed by atoms with Crippen LogP contribution in [-0.4, -0.2) is 19.4 Å². The zero-order valence-electron chi connectivity index (χ0n) is 7.66. The van der Waals surface area contributed by atoms with E-state index in [0.29, 0.717) is 13.2 Å². The summed E-state index contributed by atoms with van der Waals surface area (Å²) >= 11 is 0. The Kier molecular flexibility index (Phi) is 4.03. The Balaban J connectivity index is 4.14. The van der Waals surface area contributed by atoms with Gasteiger partial charge in [0.1, 0.15) is 0 Å². The highest BCUT2D eigenvalue weighted by Crippen LogP contribution is 2.47. The van der Waals surface area contributed by atoms with Gasteiger partial charge in [-0.3, -0.25) is 4.57 Å². The minimum Gasteiger partial charge on any atom is -0.309 e.